The number of hydrogen-bond donors (Lipinski definition) is 0. The second-order valence-corrected chi connectivity index (χ2v) is 6.32. The summed E-state index contributed by atoms with van der Waals surface area (Å²) in [7, 11) is 0. The molecule has 20 heavy (non-hydrogen) atoms. The average Bonchev–Trinajstić information content (AvgIpc) is 2.84. The Labute approximate surface area is 122 Å². The van der Waals surface area contributed by atoms with Crippen LogP contribution in [-0.2, 0) is 0 Å². The minimum atomic E-state index is 1.31. The van der Waals surface area contributed by atoms with Crippen LogP contribution in [-0.4, -0.2) is 0 Å². The van der Waals surface area contributed by atoms with E-state index in [2.05, 4.69) is 73.7 Å². The van der Waals surface area contributed by atoms with E-state index in [4.69, 9.17) is 0 Å². The largest absolute Gasteiger partial charge is 0.140 e. The first-order chi connectivity index (χ1) is 9.84. The third kappa shape index (κ3) is 1.67. The molecule has 0 radical (unpaired) electrons. The van der Waals surface area contributed by atoms with E-state index in [0.717, 1.165) is 0 Å². The topological polar surface area (TPSA) is 0 Å². The third-order valence-corrected chi connectivity index (χ3v) is 4.89. The first-order valence-corrected chi connectivity index (χ1v) is 7.62. The Hall–Kier alpha value is -2.12. The number of aryl methyl sites for hydroxylation is 1. The highest BCUT2D eigenvalue weighted by atomic mass is 32.1. The third-order valence-electron chi connectivity index (χ3n) is 3.82. The van der Waals surface area contributed by atoms with Crippen LogP contribution in [0.2, 0.25) is 0 Å². The van der Waals surface area contributed by atoms with Crippen LogP contribution in [0.25, 0.3) is 32.0 Å². The number of benzene rings is 3. The van der Waals surface area contributed by atoms with Crippen LogP contribution in [0.4, 0.5) is 0 Å². The summed E-state index contributed by atoms with van der Waals surface area (Å²) in [4.78, 5) is 1.39. The first-order valence-electron chi connectivity index (χ1n) is 6.81. The second kappa shape index (κ2) is 4.46. The molecule has 0 fully saturated rings. The molecule has 0 saturated heterocycles. The Morgan fingerprint density at radius 1 is 0.750 bits per heavy atom. The van der Waals surface area contributed by atoms with Gasteiger partial charge in [-0.3, -0.25) is 0 Å². The molecule has 1 heterocycles. The standard InChI is InChI=1S/C19H14S/c1-13-18(15-8-3-2-4-9-15)19-16-10-6-5-7-14(16)11-12-17(19)20-13/h2-12H,1H3. The van der Waals surface area contributed by atoms with Crippen molar-refractivity contribution in [3.05, 3.63) is 71.6 Å². The van der Waals surface area contributed by atoms with Crippen LogP contribution < -0.4 is 0 Å². The van der Waals surface area contributed by atoms with Crippen molar-refractivity contribution in [2.45, 2.75) is 6.92 Å². The van der Waals surface area contributed by atoms with Crippen molar-refractivity contribution in [2.24, 2.45) is 0 Å². The lowest BCUT2D eigenvalue weighted by atomic mass is 9.98. The smallest absolute Gasteiger partial charge is 0.0358 e. The molecule has 1 aromatic heterocycles. The Morgan fingerprint density at radius 2 is 1.50 bits per heavy atom. The fourth-order valence-corrected chi connectivity index (χ4v) is 4.04. The number of rotatable bonds is 1. The molecular formula is C19H14S. The molecule has 0 atom stereocenters. The molecule has 4 aromatic rings. The van der Waals surface area contributed by atoms with E-state index in [1.165, 1.54) is 36.9 Å². The zero-order chi connectivity index (χ0) is 13.5. The van der Waals surface area contributed by atoms with Gasteiger partial charge in [-0.2, -0.15) is 0 Å². The van der Waals surface area contributed by atoms with Gasteiger partial charge in [0.25, 0.3) is 0 Å². The van der Waals surface area contributed by atoms with E-state index in [1.807, 2.05) is 11.3 Å². The Balaban J connectivity index is 2.20. The minimum Gasteiger partial charge on any atom is -0.140 e. The molecule has 0 bridgehead atoms. The molecule has 0 nitrogen and oxygen atoms in total. The molecule has 4 rings (SSSR count). The van der Waals surface area contributed by atoms with E-state index < -0.39 is 0 Å². The highest BCUT2D eigenvalue weighted by Gasteiger charge is 2.13. The summed E-state index contributed by atoms with van der Waals surface area (Å²) in [5.74, 6) is 0. The van der Waals surface area contributed by atoms with E-state index in [0.29, 0.717) is 0 Å². The Bertz CT molecular complexity index is 901. The highest BCUT2D eigenvalue weighted by Crippen LogP contribution is 2.41. The van der Waals surface area contributed by atoms with Crippen LogP contribution in [0.1, 0.15) is 4.88 Å². The number of fused-ring (bicyclic) bond motifs is 3. The summed E-state index contributed by atoms with van der Waals surface area (Å²) in [6.07, 6.45) is 0. The van der Waals surface area contributed by atoms with E-state index in [-0.39, 0.29) is 0 Å². The summed E-state index contributed by atoms with van der Waals surface area (Å²) < 4.78 is 1.38. The monoisotopic (exact) mass is 274 g/mol. The van der Waals surface area contributed by atoms with Crippen LogP contribution in [0, 0.1) is 6.92 Å². The van der Waals surface area contributed by atoms with Crippen molar-refractivity contribution >= 4 is 32.2 Å². The normalized spacial score (nSPS) is 11.2. The van der Waals surface area contributed by atoms with Crippen LogP contribution in [0.3, 0.4) is 0 Å². The predicted molar refractivity (Wildman–Crippen MR) is 89.5 cm³/mol. The van der Waals surface area contributed by atoms with E-state index >= 15 is 0 Å². The van der Waals surface area contributed by atoms with Crippen molar-refractivity contribution in [2.75, 3.05) is 0 Å². The minimum absolute atomic E-state index is 1.31. The van der Waals surface area contributed by atoms with Gasteiger partial charge in [0, 0.05) is 20.5 Å². The van der Waals surface area contributed by atoms with E-state index in [9.17, 15) is 0 Å². The molecule has 0 spiro atoms. The highest BCUT2D eigenvalue weighted by molar-refractivity contribution is 7.19. The predicted octanol–water partition coefficient (Wildman–Crippen LogP) is 6.03. The van der Waals surface area contributed by atoms with Crippen molar-refractivity contribution in [3.63, 3.8) is 0 Å². The molecule has 0 aliphatic carbocycles. The first kappa shape index (κ1) is 11.7. The van der Waals surface area contributed by atoms with Gasteiger partial charge in [-0.1, -0.05) is 60.7 Å². The van der Waals surface area contributed by atoms with Gasteiger partial charge in [-0.05, 0) is 29.3 Å². The summed E-state index contributed by atoms with van der Waals surface area (Å²) in [6, 6.07) is 23.8. The summed E-state index contributed by atoms with van der Waals surface area (Å²) in [5.41, 5.74) is 2.70. The van der Waals surface area contributed by atoms with Gasteiger partial charge < -0.3 is 0 Å². The zero-order valence-electron chi connectivity index (χ0n) is 11.3. The summed E-state index contributed by atoms with van der Waals surface area (Å²) in [6.45, 7) is 2.22. The Kier molecular flexibility index (Phi) is 2.61. The molecule has 0 aliphatic heterocycles. The lowest BCUT2D eigenvalue weighted by Gasteiger charge is -2.05. The summed E-state index contributed by atoms with van der Waals surface area (Å²) >= 11 is 1.89. The number of thiophene rings is 1. The molecule has 0 amide bonds. The molecule has 0 N–H and O–H groups in total. The van der Waals surface area contributed by atoms with Crippen molar-refractivity contribution in [1.82, 2.24) is 0 Å². The maximum absolute atomic E-state index is 2.25. The molecule has 96 valence electrons. The maximum atomic E-state index is 2.25. The van der Waals surface area contributed by atoms with Gasteiger partial charge >= 0.3 is 0 Å². The molecular weight excluding hydrogens is 260 g/mol. The van der Waals surface area contributed by atoms with Gasteiger partial charge in [-0.15, -0.1) is 11.3 Å². The van der Waals surface area contributed by atoms with Crippen molar-refractivity contribution in [3.8, 4) is 11.1 Å². The molecule has 0 saturated carbocycles. The maximum Gasteiger partial charge on any atom is 0.0358 e. The quantitative estimate of drug-likeness (QED) is 0.397. The average molecular weight is 274 g/mol. The van der Waals surface area contributed by atoms with Crippen molar-refractivity contribution < 1.29 is 0 Å². The zero-order valence-corrected chi connectivity index (χ0v) is 12.1. The second-order valence-electron chi connectivity index (χ2n) is 5.06. The van der Waals surface area contributed by atoms with Gasteiger partial charge in [-0.25, -0.2) is 0 Å². The lowest BCUT2D eigenvalue weighted by molar-refractivity contribution is 1.60. The van der Waals surface area contributed by atoms with Gasteiger partial charge in [0.1, 0.15) is 0 Å². The lowest BCUT2D eigenvalue weighted by Crippen LogP contribution is -1.79. The van der Waals surface area contributed by atoms with Crippen LogP contribution in [0.5, 0.6) is 0 Å². The SMILES string of the molecule is Cc1sc2ccc3ccccc3c2c1-c1ccccc1. The van der Waals surface area contributed by atoms with E-state index in [1.54, 1.807) is 0 Å². The van der Waals surface area contributed by atoms with Crippen LogP contribution in [0.15, 0.2) is 66.7 Å². The fourth-order valence-electron chi connectivity index (χ4n) is 2.94. The molecule has 0 aliphatic rings. The fraction of sp³-hybridized carbons (Fsp3) is 0.0526. The molecule has 3 aromatic carbocycles. The van der Waals surface area contributed by atoms with Gasteiger partial charge in [0.15, 0.2) is 0 Å². The van der Waals surface area contributed by atoms with Crippen molar-refractivity contribution in [1.29, 1.82) is 0 Å². The van der Waals surface area contributed by atoms with Gasteiger partial charge in [0.2, 0.25) is 0 Å². The number of hydrogen-bond acceptors (Lipinski definition) is 1. The van der Waals surface area contributed by atoms with Crippen LogP contribution >= 0.6 is 11.3 Å². The Morgan fingerprint density at radius 3 is 2.35 bits per heavy atom. The summed E-state index contributed by atoms with van der Waals surface area (Å²) in [5, 5.41) is 4.07. The van der Waals surface area contributed by atoms with Gasteiger partial charge in [0.05, 0.1) is 0 Å². The molecule has 0 unspecified atom stereocenters. The molecule has 1 heteroatoms.